The van der Waals surface area contributed by atoms with Gasteiger partial charge < -0.3 is 4.42 Å². The molecular weight excluding hydrogens is 424 g/mol. The maximum atomic E-state index is 6.04. The molecule has 29 heavy (non-hydrogen) atoms. The Morgan fingerprint density at radius 2 is 1.45 bits per heavy atom. The van der Waals surface area contributed by atoms with Crippen molar-refractivity contribution in [3.63, 3.8) is 0 Å². The number of furan rings is 1. The summed E-state index contributed by atoms with van der Waals surface area (Å²) >= 11 is 3.58. The first-order valence-electron chi connectivity index (χ1n) is 9.43. The van der Waals surface area contributed by atoms with Gasteiger partial charge in [0.2, 0.25) is 0 Å². The molecule has 3 nitrogen and oxygen atoms in total. The molecule has 2 heterocycles. The van der Waals surface area contributed by atoms with Crippen molar-refractivity contribution >= 4 is 48.9 Å². The predicted octanol–water partition coefficient (Wildman–Crippen LogP) is 7.35. The van der Waals surface area contributed by atoms with Crippen LogP contribution in [0.5, 0.6) is 0 Å². The van der Waals surface area contributed by atoms with E-state index in [0.717, 1.165) is 54.5 Å². The second kappa shape index (κ2) is 6.33. The molecule has 2 aromatic heterocycles. The van der Waals surface area contributed by atoms with E-state index in [1.165, 1.54) is 0 Å². The summed E-state index contributed by atoms with van der Waals surface area (Å²) in [6, 6.07) is 31.0. The van der Waals surface area contributed by atoms with Crippen LogP contribution in [0.4, 0.5) is 0 Å². The van der Waals surface area contributed by atoms with Crippen LogP contribution in [-0.2, 0) is 0 Å². The highest BCUT2D eigenvalue weighted by Crippen LogP contribution is 2.34. The number of hydrogen-bond acceptors (Lipinski definition) is 2. The van der Waals surface area contributed by atoms with Crippen LogP contribution < -0.4 is 0 Å². The van der Waals surface area contributed by atoms with Gasteiger partial charge in [-0.15, -0.1) is 0 Å². The van der Waals surface area contributed by atoms with E-state index < -0.39 is 0 Å². The minimum Gasteiger partial charge on any atom is -0.456 e. The third kappa shape index (κ3) is 2.60. The third-order valence-electron chi connectivity index (χ3n) is 5.27. The van der Waals surface area contributed by atoms with E-state index in [1.807, 2.05) is 42.5 Å². The number of aromatic nitrogens is 2. The summed E-state index contributed by atoms with van der Waals surface area (Å²) in [7, 11) is 0. The summed E-state index contributed by atoms with van der Waals surface area (Å²) < 4.78 is 9.30. The predicted molar refractivity (Wildman–Crippen MR) is 121 cm³/mol. The zero-order valence-corrected chi connectivity index (χ0v) is 16.9. The number of para-hydroxylation sites is 2. The normalized spacial score (nSPS) is 11.6. The van der Waals surface area contributed by atoms with Crippen molar-refractivity contribution in [3.05, 3.63) is 95.5 Å². The summed E-state index contributed by atoms with van der Waals surface area (Å²) in [6.45, 7) is 0. The van der Waals surface area contributed by atoms with Gasteiger partial charge in [-0.1, -0.05) is 58.4 Å². The van der Waals surface area contributed by atoms with Crippen molar-refractivity contribution in [2.75, 3.05) is 0 Å². The number of imidazole rings is 1. The van der Waals surface area contributed by atoms with Crippen LogP contribution >= 0.6 is 15.9 Å². The van der Waals surface area contributed by atoms with E-state index in [-0.39, 0.29) is 0 Å². The number of halogens is 1. The second-order valence-electron chi connectivity index (χ2n) is 7.05. The van der Waals surface area contributed by atoms with Gasteiger partial charge in [-0.05, 0) is 48.5 Å². The summed E-state index contributed by atoms with van der Waals surface area (Å²) in [6.07, 6.45) is 0. The molecule has 0 saturated carbocycles. The number of hydrogen-bond donors (Lipinski definition) is 0. The Balaban J connectivity index is 1.68. The second-order valence-corrected chi connectivity index (χ2v) is 7.96. The first-order chi connectivity index (χ1) is 14.3. The lowest BCUT2D eigenvalue weighted by molar-refractivity contribution is 0.669. The summed E-state index contributed by atoms with van der Waals surface area (Å²) in [5, 5.41) is 2.19. The monoisotopic (exact) mass is 438 g/mol. The van der Waals surface area contributed by atoms with Gasteiger partial charge in [0.05, 0.1) is 11.0 Å². The molecule has 0 bridgehead atoms. The standard InChI is InChI=1S/C25H15BrN2O/c26-17-10-12-23-19(14-17)20-15-18(11-13-24(20)29-23)28-22-9-5-4-8-21(22)27-25(28)16-6-2-1-3-7-16/h1-15H. The number of nitrogens with zero attached hydrogens (tertiary/aromatic N) is 2. The quantitative estimate of drug-likeness (QED) is 0.282. The Bertz CT molecular complexity index is 1510. The Kier molecular flexibility index (Phi) is 3.61. The zero-order valence-electron chi connectivity index (χ0n) is 15.3. The fourth-order valence-corrected chi connectivity index (χ4v) is 4.31. The number of rotatable bonds is 2. The molecule has 0 amide bonds. The Morgan fingerprint density at radius 3 is 2.31 bits per heavy atom. The van der Waals surface area contributed by atoms with Gasteiger partial charge >= 0.3 is 0 Å². The van der Waals surface area contributed by atoms with E-state index in [9.17, 15) is 0 Å². The van der Waals surface area contributed by atoms with Crippen molar-refractivity contribution in [3.8, 4) is 17.1 Å². The first-order valence-corrected chi connectivity index (χ1v) is 10.2. The highest BCUT2D eigenvalue weighted by molar-refractivity contribution is 9.10. The van der Waals surface area contributed by atoms with E-state index in [1.54, 1.807) is 0 Å². The molecule has 0 N–H and O–H groups in total. The molecule has 4 heteroatoms. The van der Waals surface area contributed by atoms with Gasteiger partial charge in [0.15, 0.2) is 0 Å². The molecule has 4 aromatic carbocycles. The van der Waals surface area contributed by atoms with Crippen molar-refractivity contribution in [2.45, 2.75) is 0 Å². The highest BCUT2D eigenvalue weighted by Gasteiger charge is 2.16. The topological polar surface area (TPSA) is 31.0 Å². The van der Waals surface area contributed by atoms with Crippen LogP contribution in [0.2, 0.25) is 0 Å². The van der Waals surface area contributed by atoms with Crippen LogP contribution in [0.25, 0.3) is 50.0 Å². The SMILES string of the molecule is Brc1ccc2oc3ccc(-n4c(-c5ccccc5)nc5ccccc54)cc3c2c1. The van der Waals surface area contributed by atoms with E-state index in [4.69, 9.17) is 9.40 Å². The Hall–Kier alpha value is -3.37. The van der Waals surface area contributed by atoms with Crippen LogP contribution in [0.3, 0.4) is 0 Å². The molecule has 0 unspecified atom stereocenters. The van der Waals surface area contributed by atoms with Gasteiger partial charge in [0.25, 0.3) is 0 Å². The van der Waals surface area contributed by atoms with Crippen LogP contribution in [0.1, 0.15) is 0 Å². The lowest BCUT2D eigenvalue weighted by Gasteiger charge is -2.10. The van der Waals surface area contributed by atoms with Crippen LogP contribution in [-0.4, -0.2) is 9.55 Å². The lowest BCUT2D eigenvalue weighted by atomic mass is 10.1. The van der Waals surface area contributed by atoms with Gasteiger partial charge in [0.1, 0.15) is 17.0 Å². The van der Waals surface area contributed by atoms with Crippen LogP contribution in [0, 0.1) is 0 Å². The smallest absolute Gasteiger partial charge is 0.145 e. The van der Waals surface area contributed by atoms with Crippen molar-refractivity contribution < 1.29 is 4.42 Å². The summed E-state index contributed by atoms with van der Waals surface area (Å²) in [4.78, 5) is 4.94. The fourth-order valence-electron chi connectivity index (χ4n) is 3.94. The largest absolute Gasteiger partial charge is 0.456 e. The van der Waals surface area contributed by atoms with E-state index in [2.05, 4.69) is 69.0 Å². The highest BCUT2D eigenvalue weighted by atomic mass is 79.9. The minimum atomic E-state index is 0.882. The maximum absolute atomic E-state index is 6.04. The molecule has 0 radical (unpaired) electrons. The van der Waals surface area contributed by atoms with E-state index >= 15 is 0 Å². The van der Waals surface area contributed by atoms with Gasteiger partial charge in [-0.3, -0.25) is 4.57 Å². The molecule has 138 valence electrons. The van der Waals surface area contributed by atoms with E-state index in [0.29, 0.717) is 0 Å². The molecule has 0 spiro atoms. The van der Waals surface area contributed by atoms with Crippen molar-refractivity contribution in [1.82, 2.24) is 9.55 Å². The maximum Gasteiger partial charge on any atom is 0.145 e. The molecule has 6 aromatic rings. The molecule has 0 fully saturated rings. The Morgan fingerprint density at radius 1 is 0.724 bits per heavy atom. The summed E-state index contributed by atoms with van der Waals surface area (Å²) in [5.74, 6) is 0.931. The van der Waals surface area contributed by atoms with Crippen LogP contribution in [0.15, 0.2) is 99.9 Å². The van der Waals surface area contributed by atoms with Gasteiger partial charge in [-0.25, -0.2) is 4.98 Å². The molecule has 6 rings (SSSR count). The minimum absolute atomic E-state index is 0.882. The van der Waals surface area contributed by atoms with Gasteiger partial charge in [-0.2, -0.15) is 0 Å². The number of benzene rings is 4. The first kappa shape index (κ1) is 16.6. The molecule has 0 aliphatic heterocycles. The molecule has 0 saturated heterocycles. The zero-order chi connectivity index (χ0) is 19.4. The third-order valence-corrected chi connectivity index (χ3v) is 5.76. The number of fused-ring (bicyclic) bond motifs is 4. The molecule has 0 aliphatic carbocycles. The van der Waals surface area contributed by atoms with Crippen molar-refractivity contribution in [2.24, 2.45) is 0 Å². The Labute approximate surface area is 175 Å². The average molecular weight is 439 g/mol. The fraction of sp³-hybridized carbons (Fsp3) is 0. The molecule has 0 atom stereocenters. The molecule has 0 aliphatic rings. The lowest BCUT2D eigenvalue weighted by Crippen LogP contribution is -1.97. The molecular formula is C25H15BrN2O. The van der Waals surface area contributed by atoms with Crippen molar-refractivity contribution in [1.29, 1.82) is 0 Å². The van der Waals surface area contributed by atoms with Gasteiger partial charge in [0, 0.05) is 26.5 Å². The average Bonchev–Trinajstić information content (AvgIpc) is 3.32. The summed E-state index contributed by atoms with van der Waals surface area (Å²) in [5.41, 5.74) is 5.98.